The van der Waals surface area contributed by atoms with E-state index in [1.165, 1.54) is 225 Å². The summed E-state index contributed by atoms with van der Waals surface area (Å²) in [6.45, 7) is 20.4. The predicted octanol–water partition coefficient (Wildman–Crippen LogP) is 17.4. The summed E-state index contributed by atoms with van der Waals surface area (Å²) >= 11 is 0. The van der Waals surface area contributed by atoms with Gasteiger partial charge in [0, 0.05) is 5.70 Å². The molecule has 2 aliphatic heterocycles. The van der Waals surface area contributed by atoms with E-state index < -0.39 is 11.6 Å². The van der Waals surface area contributed by atoms with Crippen LogP contribution in [-0.4, -0.2) is 55.2 Å². The summed E-state index contributed by atoms with van der Waals surface area (Å²) in [5.41, 5.74) is 1.09. The first-order valence-corrected chi connectivity index (χ1v) is 27.8. The minimum absolute atomic E-state index is 0.0356. The van der Waals surface area contributed by atoms with Crippen molar-refractivity contribution in [1.82, 2.24) is 5.32 Å². The van der Waals surface area contributed by atoms with E-state index in [1.807, 2.05) is 13.8 Å². The third kappa shape index (κ3) is 29.8. The molecule has 0 aromatic heterocycles. The van der Waals surface area contributed by atoms with Crippen molar-refractivity contribution in [2.24, 2.45) is 0 Å². The van der Waals surface area contributed by atoms with Gasteiger partial charge in [0.05, 0.1) is 31.5 Å². The molecule has 2 heterocycles. The molecular weight excluding hydrogens is 767 g/mol. The van der Waals surface area contributed by atoms with Crippen LogP contribution in [0.3, 0.4) is 0 Å². The fourth-order valence-corrected chi connectivity index (χ4v) is 10.00. The van der Waals surface area contributed by atoms with Gasteiger partial charge in [0.1, 0.15) is 12.2 Å². The number of ether oxygens (including phenoxy) is 5. The molecule has 6 nitrogen and oxygen atoms in total. The Kier molecular flexibility index (Phi) is 34.7. The van der Waals surface area contributed by atoms with Gasteiger partial charge in [0.15, 0.2) is 11.6 Å². The third-order valence-electron chi connectivity index (χ3n) is 13.7. The van der Waals surface area contributed by atoms with Crippen LogP contribution in [0, 0.1) is 0 Å². The first-order chi connectivity index (χ1) is 30.1. The highest BCUT2D eigenvalue weighted by Gasteiger charge is 2.45. The summed E-state index contributed by atoms with van der Waals surface area (Å²) in [7, 11) is 0. The normalized spacial score (nSPS) is 21.2. The van der Waals surface area contributed by atoms with Crippen molar-refractivity contribution in [2.75, 3.05) is 13.2 Å². The number of hydrogen-bond donors (Lipinski definition) is 1. The molecule has 0 amide bonds. The molecule has 2 rings (SSSR count). The minimum atomic E-state index is -0.612. The number of nitrogens with one attached hydrogen (secondary N) is 1. The predicted molar refractivity (Wildman–Crippen MR) is 267 cm³/mol. The third-order valence-corrected chi connectivity index (χ3v) is 13.7. The van der Waals surface area contributed by atoms with Gasteiger partial charge in [0.2, 0.25) is 0 Å². The van der Waals surface area contributed by atoms with Crippen LogP contribution in [0.1, 0.15) is 292 Å². The summed E-state index contributed by atoms with van der Waals surface area (Å²) in [6.07, 6.45) is 51.6. The molecule has 2 aliphatic rings. The van der Waals surface area contributed by atoms with E-state index in [-0.39, 0.29) is 30.5 Å². The summed E-state index contributed by atoms with van der Waals surface area (Å²) in [6, 6.07) is -0.0356. The SMILES string of the molecule is C=C(CCCCCCCCCCCCCCCCCCCCCCCCC)N[C@@H](COC[C@@H]1OC(C)(C)O[C@H]1CC)[C@@H]1OC(C)(C)O[C@@H]1CCCCCCCCCCCCCC. The highest BCUT2D eigenvalue weighted by atomic mass is 16.8. The average molecular weight is 876 g/mol. The maximum Gasteiger partial charge on any atom is 0.163 e. The lowest BCUT2D eigenvalue weighted by atomic mass is 9.98. The van der Waals surface area contributed by atoms with Gasteiger partial charge in [-0.15, -0.1) is 0 Å². The van der Waals surface area contributed by atoms with Crippen molar-refractivity contribution in [1.29, 1.82) is 0 Å². The molecule has 0 unspecified atom stereocenters. The number of rotatable bonds is 45. The second kappa shape index (κ2) is 37.4. The first-order valence-electron chi connectivity index (χ1n) is 27.8. The summed E-state index contributed by atoms with van der Waals surface area (Å²) in [5, 5.41) is 3.81. The number of hydrogen-bond acceptors (Lipinski definition) is 6. The van der Waals surface area contributed by atoms with Crippen molar-refractivity contribution in [3.8, 4) is 0 Å². The van der Waals surface area contributed by atoms with Crippen LogP contribution < -0.4 is 5.32 Å². The zero-order valence-electron chi connectivity index (χ0n) is 42.9. The molecule has 6 heteroatoms. The van der Waals surface area contributed by atoms with Gasteiger partial charge in [-0.1, -0.05) is 246 Å². The van der Waals surface area contributed by atoms with Crippen molar-refractivity contribution in [2.45, 2.75) is 334 Å². The summed E-state index contributed by atoms with van der Waals surface area (Å²) in [4.78, 5) is 0. The zero-order valence-corrected chi connectivity index (χ0v) is 42.9. The number of allylic oxidation sites excluding steroid dienone is 1. The van der Waals surface area contributed by atoms with Gasteiger partial charge >= 0.3 is 0 Å². The maximum atomic E-state index is 6.67. The van der Waals surface area contributed by atoms with E-state index in [1.54, 1.807) is 0 Å². The van der Waals surface area contributed by atoms with Gasteiger partial charge in [-0.2, -0.15) is 0 Å². The number of unbranched alkanes of at least 4 members (excludes halogenated alkanes) is 33. The van der Waals surface area contributed by atoms with Crippen molar-refractivity contribution in [3.63, 3.8) is 0 Å². The molecule has 0 aliphatic carbocycles. The van der Waals surface area contributed by atoms with Crippen molar-refractivity contribution >= 4 is 0 Å². The Morgan fingerprint density at radius 2 is 0.790 bits per heavy atom. The Morgan fingerprint density at radius 3 is 1.19 bits per heavy atom. The summed E-state index contributed by atoms with van der Waals surface area (Å²) < 4.78 is 32.1. The molecule has 368 valence electrons. The Labute approximate surface area is 387 Å². The molecule has 0 saturated carbocycles. The smallest absolute Gasteiger partial charge is 0.163 e. The van der Waals surface area contributed by atoms with Crippen molar-refractivity contribution < 1.29 is 23.7 Å². The fraction of sp³-hybridized carbons (Fsp3) is 0.964. The lowest BCUT2D eigenvalue weighted by Gasteiger charge is -2.30. The van der Waals surface area contributed by atoms with E-state index >= 15 is 0 Å². The fourth-order valence-electron chi connectivity index (χ4n) is 10.00. The molecule has 0 aromatic rings. The van der Waals surface area contributed by atoms with Crippen LogP contribution in [0.4, 0.5) is 0 Å². The Hall–Kier alpha value is -0.660. The minimum Gasteiger partial charge on any atom is -0.381 e. The average Bonchev–Trinajstić information content (AvgIpc) is 3.73. The molecule has 5 atom stereocenters. The monoisotopic (exact) mass is 876 g/mol. The Balaban J connectivity index is 1.63. The summed E-state index contributed by atoms with van der Waals surface area (Å²) in [5.74, 6) is -1.18. The van der Waals surface area contributed by atoms with E-state index in [9.17, 15) is 0 Å². The van der Waals surface area contributed by atoms with Crippen LogP contribution in [-0.2, 0) is 23.7 Å². The van der Waals surface area contributed by atoms with E-state index in [0.29, 0.717) is 13.2 Å². The molecular formula is C56H109NO5. The maximum absolute atomic E-state index is 6.67. The second-order valence-corrected chi connectivity index (χ2v) is 20.9. The molecule has 0 aromatic carbocycles. The van der Waals surface area contributed by atoms with E-state index in [4.69, 9.17) is 23.7 Å². The Morgan fingerprint density at radius 1 is 0.452 bits per heavy atom. The Bertz CT molecular complexity index is 1020. The van der Waals surface area contributed by atoms with E-state index in [2.05, 4.69) is 46.5 Å². The molecule has 62 heavy (non-hydrogen) atoms. The molecule has 2 saturated heterocycles. The first kappa shape index (κ1) is 57.5. The van der Waals surface area contributed by atoms with Crippen LogP contribution in [0.15, 0.2) is 12.3 Å². The van der Waals surface area contributed by atoms with Gasteiger partial charge in [-0.25, -0.2) is 0 Å². The van der Waals surface area contributed by atoms with Gasteiger partial charge in [-0.05, 0) is 53.4 Å². The molecule has 0 bridgehead atoms. The standard InChI is InChI=1S/C56H109NO5/c1-9-12-14-16-18-20-22-24-25-26-27-28-29-30-31-32-33-34-35-37-39-41-43-45-49(4)57-50(47-58-48-53-51(11-3)59-55(5,6)61-53)54-52(60-56(7,8)62-54)46-44-42-40-38-36-23-21-19-17-15-13-10-2/h50-54,57H,4,9-48H2,1-3,5-8H3/t50-,51-,52+,53-,54-/m0/s1. The van der Waals surface area contributed by atoms with Crippen LogP contribution in [0.25, 0.3) is 0 Å². The molecule has 2 fully saturated rings. The van der Waals surface area contributed by atoms with Gasteiger partial charge < -0.3 is 29.0 Å². The topological polar surface area (TPSA) is 58.2 Å². The molecule has 1 N–H and O–H groups in total. The van der Waals surface area contributed by atoms with Crippen molar-refractivity contribution in [3.05, 3.63) is 12.3 Å². The zero-order chi connectivity index (χ0) is 45.0. The largest absolute Gasteiger partial charge is 0.381 e. The van der Waals surface area contributed by atoms with Gasteiger partial charge in [0.25, 0.3) is 0 Å². The van der Waals surface area contributed by atoms with E-state index in [0.717, 1.165) is 25.0 Å². The second-order valence-electron chi connectivity index (χ2n) is 20.9. The lowest BCUT2D eigenvalue weighted by molar-refractivity contribution is -0.155. The highest BCUT2D eigenvalue weighted by molar-refractivity contribution is 5.00. The lowest BCUT2D eigenvalue weighted by Crippen LogP contribution is -2.48. The van der Waals surface area contributed by atoms with Gasteiger partial charge in [-0.3, -0.25) is 0 Å². The van der Waals surface area contributed by atoms with Crippen LogP contribution in [0.5, 0.6) is 0 Å². The molecule has 0 spiro atoms. The quantitative estimate of drug-likeness (QED) is 0.0615. The molecule has 0 radical (unpaired) electrons. The highest BCUT2D eigenvalue weighted by Crippen LogP contribution is 2.34. The van der Waals surface area contributed by atoms with Crippen LogP contribution in [0.2, 0.25) is 0 Å². The van der Waals surface area contributed by atoms with Crippen LogP contribution >= 0.6 is 0 Å².